The van der Waals surface area contributed by atoms with Crippen molar-refractivity contribution in [3.8, 4) is 11.5 Å². The van der Waals surface area contributed by atoms with Crippen LogP contribution in [0.25, 0.3) is 11.5 Å². The zero-order valence-electron chi connectivity index (χ0n) is 13.1. The van der Waals surface area contributed by atoms with Gasteiger partial charge in [-0.3, -0.25) is 9.88 Å². The van der Waals surface area contributed by atoms with Crippen LogP contribution < -0.4 is 0 Å². The standard InChI is InChI=1S/C16H18F2N4OS/c17-16(18)9-13(22(10-16)12-3-7-24-8-4-12)15-21-20-14(23-15)11-1-5-19-6-2-11/h1-2,5-6,12-13H,3-4,7-10H2/t13-/m0/s1. The SMILES string of the molecule is FC1(F)C[C@@H](c2nnc(-c3ccncc3)o2)N(C2CCSCC2)C1. The Kier molecular flexibility index (Phi) is 4.26. The molecular weight excluding hydrogens is 334 g/mol. The predicted octanol–water partition coefficient (Wildman–Crippen LogP) is 3.41. The van der Waals surface area contributed by atoms with Crippen molar-refractivity contribution >= 4 is 11.8 Å². The fraction of sp³-hybridized carbons (Fsp3) is 0.562. The summed E-state index contributed by atoms with van der Waals surface area (Å²) in [7, 11) is 0. The van der Waals surface area contributed by atoms with Gasteiger partial charge in [-0.2, -0.15) is 11.8 Å². The molecule has 2 fully saturated rings. The highest BCUT2D eigenvalue weighted by Crippen LogP contribution is 2.44. The minimum absolute atomic E-state index is 0.168. The van der Waals surface area contributed by atoms with Crippen LogP contribution >= 0.6 is 11.8 Å². The van der Waals surface area contributed by atoms with Crippen molar-refractivity contribution in [2.24, 2.45) is 0 Å². The quantitative estimate of drug-likeness (QED) is 0.844. The summed E-state index contributed by atoms with van der Waals surface area (Å²) in [5.41, 5.74) is 0.745. The minimum atomic E-state index is -2.71. The smallest absolute Gasteiger partial charge is 0.262 e. The van der Waals surface area contributed by atoms with E-state index in [2.05, 4.69) is 15.2 Å². The van der Waals surface area contributed by atoms with Gasteiger partial charge in [-0.1, -0.05) is 0 Å². The van der Waals surface area contributed by atoms with E-state index < -0.39 is 12.0 Å². The van der Waals surface area contributed by atoms with Gasteiger partial charge >= 0.3 is 0 Å². The Hall–Kier alpha value is -1.54. The molecular formula is C16H18F2N4OS. The lowest BCUT2D eigenvalue weighted by Gasteiger charge is -2.33. The average Bonchev–Trinajstić information content (AvgIpc) is 3.21. The second-order valence-electron chi connectivity index (χ2n) is 6.27. The Labute approximate surface area is 142 Å². The van der Waals surface area contributed by atoms with Gasteiger partial charge in [-0.05, 0) is 36.5 Å². The molecule has 24 heavy (non-hydrogen) atoms. The lowest BCUT2D eigenvalue weighted by atomic mass is 10.1. The Bertz CT molecular complexity index is 690. The van der Waals surface area contributed by atoms with E-state index in [0.29, 0.717) is 5.89 Å². The highest BCUT2D eigenvalue weighted by atomic mass is 32.2. The largest absolute Gasteiger partial charge is 0.419 e. The van der Waals surface area contributed by atoms with Crippen molar-refractivity contribution in [1.29, 1.82) is 0 Å². The number of alkyl halides is 2. The molecule has 2 aromatic heterocycles. The van der Waals surface area contributed by atoms with Crippen LogP contribution in [0.2, 0.25) is 0 Å². The number of aromatic nitrogens is 3. The molecule has 8 heteroatoms. The van der Waals surface area contributed by atoms with Crippen LogP contribution in [0.1, 0.15) is 31.2 Å². The van der Waals surface area contributed by atoms with Crippen molar-refractivity contribution in [2.45, 2.75) is 37.3 Å². The number of rotatable bonds is 3. The van der Waals surface area contributed by atoms with E-state index in [0.717, 1.165) is 29.9 Å². The fourth-order valence-corrected chi connectivity index (χ4v) is 4.53. The summed E-state index contributed by atoms with van der Waals surface area (Å²) in [6.45, 7) is -0.222. The predicted molar refractivity (Wildman–Crippen MR) is 86.9 cm³/mol. The molecule has 2 saturated heterocycles. The molecule has 0 radical (unpaired) electrons. The first-order valence-electron chi connectivity index (χ1n) is 8.07. The summed E-state index contributed by atoms with van der Waals surface area (Å²) in [6, 6.07) is 3.19. The monoisotopic (exact) mass is 352 g/mol. The summed E-state index contributed by atoms with van der Waals surface area (Å²) in [5.74, 6) is -0.0310. The van der Waals surface area contributed by atoms with Gasteiger partial charge in [-0.15, -0.1) is 10.2 Å². The molecule has 2 aliphatic heterocycles. The molecule has 0 unspecified atom stereocenters. The van der Waals surface area contributed by atoms with Gasteiger partial charge in [0.25, 0.3) is 5.92 Å². The van der Waals surface area contributed by atoms with E-state index in [1.807, 2.05) is 16.7 Å². The molecule has 2 aromatic rings. The molecule has 0 spiro atoms. The molecule has 0 bridgehead atoms. The molecule has 128 valence electrons. The van der Waals surface area contributed by atoms with Crippen molar-refractivity contribution < 1.29 is 13.2 Å². The van der Waals surface area contributed by atoms with Gasteiger partial charge in [0.05, 0.1) is 12.6 Å². The summed E-state index contributed by atoms with van der Waals surface area (Å²) in [6.07, 6.45) is 4.88. The summed E-state index contributed by atoms with van der Waals surface area (Å²) in [5, 5.41) is 8.11. The molecule has 4 rings (SSSR count). The third-order valence-corrected chi connectivity index (χ3v) is 5.67. The van der Waals surface area contributed by atoms with Crippen LogP contribution in [-0.4, -0.2) is 50.1 Å². The Morgan fingerprint density at radius 2 is 1.92 bits per heavy atom. The van der Waals surface area contributed by atoms with E-state index in [1.165, 1.54) is 0 Å². The van der Waals surface area contributed by atoms with Crippen LogP contribution in [-0.2, 0) is 0 Å². The van der Waals surface area contributed by atoms with E-state index in [9.17, 15) is 8.78 Å². The van der Waals surface area contributed by atoms with E-state index in [4.69, 9.17) is 4.42 Å². The lowest BCUT2D eigenvalue weighted by Crippen LogP contribution is -2.39. The number of nitrogens with zero attached hydrogens (tertiary/aromatic N) is 4. The fourth-order valence-electron chi connectivity index (χ4n) is 3.45. The van der Waals surface area contributed by atoms with Crippen molar-refractivity contribution in [2.75, 3.05) is 18.1 Å². The normalized spacial score (nSPS) is 25.2. The first-order valence-corrected chi connectivity index (χ1v) is 9.23. The number of pyridine rings is 1. The highest BCUT2D eigenvalue weighted by Gasteiger charge is 2.50. The molecule has 0 saturated carbocycles. The second-order valence-corrected chi connectivity index (χ2v) is 7.50. The van der Waals surface area contributed by atoms with E-state index >= 15 is 0 Å². The number of halogens is 2. The first-order chi connectivity index (χ1) is 11.6. The van der Waals surface area contributed by atoms with E-state index in [1.54, 1.807) is 24.5 Å². The Morgan fingerprint density at radius 3 is 2.67 bits per heavy atom. The van der Waals surface area contributed by atoms with Gasteiger partial charge in [0.2, 0.25) is 11.8 Å². The summed E-state index contributed by atoms with van der Waals surface area (Å²) in [4.78, 5) is 5.83. The van der Waals surface area contributed by atoms with Gasteiger partial charge in [-0.25, -0.2) is 8.78 Å². The Morgan fingerprint density at radius 1 is 1.17 bits per heavy atom. The van der Waals surface area contributed by atoms with Gasteiger partial charge in [0.15, 0.2) is 0 Å². The molecule has 0 amide bonds. The van der Waals surface area contributed by atoms with Crippen LogP contribution in [0.4, 0.5) is 8.78 Å². The molecule has 1 atom stereocenters. The first kappa shape index (κ1) is 16.0. The molecule has 0 aliphatic carbocycles. The minimum Gasteiger partial charge on any atom is -0.419 e. The lowest BCUT2D eigenvalue weighted by molar-refractivity contribution is 0.00716. The molecule has 5 nitrogen and oxygen atoms in total. The van der Waals surface area contributed by atoms with Crippen LogP contribution in [0.3, 0.4) is 0 Å². The van der Waals surface area contributed by atoms with Gasteiger partial charge in [0.1, 0.15) is 0 Å². The Balaban J connectivity index is 1.60. The average molecular weight is 352 g/mol. The van der Waals surface area contributed by atoms with E-state index in [-0.39, 0.29) is 24.9 Å². The van der Waals surface area contributed by atoms with Crippen molar-refractivity contribution in [3.63, 3.8) is 0 Å². The van der Waals surface area contributed by atoms with Gasteiger partial charge < -0.3 is 4.42 Å². The van der Waals surface area contributed by atoms with Crippen LogP contribution in [0.5, 0.6) is 0 Å². The zero-order valence-corrected chi connectivity index (χ0v) is 13.9. The van der Waals surface area contributed by atoms with Crippen molar-refractivity contribution in [1.82, 2.24) is 20.1 Å². The van der Waals surface area contributed by atoms with Crippen LogP contribution in [0.15, 0.2) is 28.9 Å². The molecule has 0 N–H and O–H groups in total. The number of hydrogen-bond donors (Lipinski definition) is 0. The maximum Gasteiger partial charge on any atom is 0.262 e. The zero-order chi connectivity index (χ0) is 16.6. The summed E-state index contributed by atoms with van der Waals surface area (Å²) >= 11 is 1.88. The molecule has 2 aliphatic rings. The molecule has 0 aromatic carbocycles. The highest BCUT2D eigenvalue weighted by molar-refractivity contribution is 7.99. The third-order valence-electron chi connectivity index (χ3n) is 4.62. The molecule has 4 heterocycles. The van der Waals surface area contributed by atoms with Gasteiger partial charge in [0, 0.05) is 30.4 Å². The maximum absolute atomic E-state index is 14.1. The number of likely N-dealkylation sites (tertiary alicyclic amines) is 1. The van der Waals surface area contributed by atoms with Crippen LogP contribution in [0, 0.1) is 0 Å². The topological polar surface area (TPSA) is 55.1 Å². The maximum atomic E-state index is 14.1. The summed E-state index contributed by atoms with van der Waals surface area (Å²) < 4.78 is 33.9. The van der Waals surface area contributed by atoms with Crippen molar-refractivity contribution in [3.05, 3.63) is 30.4 Å². The second kappa shape index (κ2) is 6.40. The number of hydrogen-bond acceptors (Lipinski definition) is 6. The third kappa shape index (κ3) is 3.17. The number of thioether (sulfide) groups is 1.